The van der Waals surface area contributed by atoms with Gasteiger partial charge >= 0.3 is 0 Å². The smallest absolute Gasteiger partial charge is 0.148 e. The summed E-state index contributed by atoms with van der Waals surface area (Å²) in [5, 5.41) is 4.58. The van der Waals surface area contributed by atoms with Crippen LogP contribution in [0.15, 0.2) is 52.6 Å². The molecule has 6 nitrogen and oxygen atoms in total. The van der Waals surface area contributed by atoms with Gasteiger partial charge in [0.2, 0.25) is 0 Å². The molecule has 0 spiro atoms. The van der Waals surface area contributed by atoms with Crippen molar-refractivity contribution in [2.75, 3.05) is 24.4 Å². The van der Waals surface area contributed by atoms with Gasteiger partial charge in [-0.05, 0) is 75.0 Å². The maximum Gasteiger partial charge on any atom is 0.148 e. The molecule has 0 radical (unpaired) electrons. The first kappa shape index (κ1) is 20.8. The van der Waals surface area contributed by atoms with E-state index in [1.165, 1.54) is 18.9 Å². The molecule has 2 aromatic rings. The number of hydrazone groups is 1. The lowest BCUT2D eigenvalue weighted by molar-refractivity contribution is 0.237. The van der Waals surface area contributed by atoms with Crippen molar-refractivity contribution in [2.45, 2.75) is 36.9 Å². The van der Waals surface area contributed by atoms with Gasteiger partial charge in [-0.1, -0.05) is 18.2 Å². The Morgan fingerprint density at radius 2 is 1.97 bits per heavy atom. The molecule has 1 aromatic heterocycles. The number of hydrogen-bond donors (Lipinski definition) is 2. The maximum absolute atomic E-state index is 13.7. The van der Waals surface area contributed by atoms with Crippen LogP contribution >= 0.6 is 11.9 Å². The van der Waals surface area contributed by atoms with Crippen LogP contribution in [0.25, 0.3) is 0 Å². The third kappa shape index (κ3) is 5.79. The van der Waals surface area contributed by atoms with Crippen LogP contribution in [-0.2, 0) is 0 Å². The van der Waals surface area contributed by atoms with Gasteiger partial charge in [0.15, 0.2) is 0 Å². The van der Waals surface area contributed by atoms with Gasteiger partial charge in [0.1, 0.15) is 11.6 Å². The van der Waals surface area contributed by atoms with Crippen molar-refractivity contribution in [2.24, 2.45) is 15.9 Å². The van der Waals surface area contributed by atoms with Gasteiger partial charge in [0.25, 0.3) is 0 Å². The molecule has 158 valence electrons. The van der Waals surface area contributed by atoms with Gasteiger partial charge in [-0.15, -0.1) is 0 Å². The molecule has 2 fully saturated rings. The Hall–Kier alpha value is -2.45. The predicted molar refractivity (Wildman–Crippen MR) is 123 cm³/mol. The quantitative estimate of drug-likeness (QED) is 0.284. The van der Waals surface area contributed by atoms with E-state index in [1.807, 2.05) is 6.07 Å². The summed E-state index contributed by atoms with van der Waals surface area (Å²) in [6, 6.07) is 12.7. The molecule has 4 rings (SSSR count). The summed E-state index contributed by atoms with van der Waals surface area (Å²) in [7, 11) is 0. The molecule has 2 heterocycles. The van der Waals surface area contributed by atoms with E-state index < -0.39 is 0 Å². The molecule has 8 heteroatoms. The predicted octanol–water partition coefficient (Wildman–Crippen LogP) is 4.34. The topological polar surface area (TPSA) is 78.9 Å². The van der Waals surface area contributed by atoms with Crippen molar-refractivity contribution < 1.29 is 4.39 Å². The fraction of sp³-hybridized carbons (Fsp3) is 0.409. The SMILES string of the molecule is NN=C(C=Nc1ccccc1F)CN1CCC(c2cccc(NSC3CC3)n2)CC1. The van der Waals surface area contributed by atoms with Gasteiger partial charge in [-0.25, -0.2) is 9.37 Å². The van der Waals surface area contributed by atoms with E-state index in [0.717, 1.165) is 42.7 Å². The number of nitrogens with one attached hydrogen (secondary N) is 1. The van der Waals surface area contributed by atoms with Gasteiger partial charge in [-0.3, -0.25) is 9.89 Å². The molecule has 1 aliphatic carbocycles. The number of aliphatic imine (C=N–C) groups is 1. The number of nitrogens with zero attached hydrogens (tertiary/aromatic N) is 4. The fourth-order valence-electron chi connectivity index (χ4n) is 3.50. The summed E-state index contributed by atoms with van der Waals surface area (Å²) < 4.78 is 17.1. The highest BCUT2D eigenvalue weighted by Gasteiger charge is 2.24. The van der Waals surface area contributed by atoms with E-state index in [1.54, 1.807) is 36.4 Å². The van der Waals surface area contributed by atoms with E-state index >= 15 is 0 Å². The van der Waals surface area contributed by atoms with Crippen molar-refractivity contribution in [3.05, 3.63) is 54.0 Å². The molecule has 3 N–H and O–H groups in total. The lowest BCUT2D eigenvalue weighted by Crippen LogP contribution is -2.37. The molecular formula is C22H27FN6S. The van der Waals surface area contributed by atoms with Gasteiger partial charge in [0.05, 0.1) is 17.6 Å². The summed E-state index contributed by atoms with van der Waals surface area (Å²) in [4.78, 5) is 11.3. The van der Waals surface area contributed by atoms with Crippen LogP contribution in [0.1, 0.15) is 37.3 Å². The van der Waals surface area contributed by atoms with Crippen LogP contribution in [0.4, 0.5) is 15.9 Å². The summed E-state index contributed by atoms with van der Waals surface area (Å²) in [5.41, 5.74) is 2.08. The second-order valence-electron chi connectivity index (χ2n) is 7.75. The Morgan fingerprint density at radius 3 is 2.70 bits per heavy atom. The Balaban J connectivity index is 1.28. The number of likely N-dealkylation sites (tertiary alicyclic amines) is 1. The zero-order chi connectivity index (χ0) is 20.8. The van der Waals surface area contributed by atoms with Crippen LogP contribution in [0, 0.1) is 5.82 Å². The zero-order valence-corrected chi connectivity index (χ0v) is 17.7. The summed E-state index contributed by atoms with van der Waals surface area (Å²) in [6.07, 6.45) is 6.23. The minimum atomic E-state index is -0.356. The average Bonchev–Trinajstić information content (AvgIpc) is 3.61. The first-order valence-corrected chi connectivity index (χ1v) is 11.3. The Kier molecular flexibility index (Phi) is 6.96. The number of rotatable bonds is 8. The summed E-state index contributed by atoms with van der Waals surface area (Å²) >= 11 is 1.78. The van der Waals surface area contributed by atoms with E-state index in [4.69, 9.17) is 10.8 Å². The molecule has 1 aliphatic heterocycles. The molecule has 0 bridgehead atoms. The monoisotopic (exact) mass is 426 g/mol. The number of halogens is 1. The largest absolute Gasteiger partial charge is 0.323 e. The van der Waals surface area contributed by atoms with Crippen molar-refractivity contribution in [3.63, 3.8) is 0 Å². The third-order valence-electron chi connectivity index (χ3n) is 5.39. The minimum Gasteiger partial charge on any atom is -0.323 e. The van der Waals surface area contributed by atoms with E-state index in [2.05, 4.69) is 31.8 Å². The normalized spacial score (nSPS) is 18.8. The van der Waals surface area contributed by atoms with E-state index in [0.29, 0.717) is 18.2 Å². The number of nitrogens with two attached hydrogens (primary N) is 1. The first-order chi connectivity index (χ1) is 14.7. The van der Waals surface area contributed by atoms with Crippen LogP contribution in [0.3, 0.4) is 0 Å². The number of piperidine rings is 1. The molecule has 0 amide bonds. The van der Waals surface area contributed by atoms with Gasteiger partial charge in [-0.2, -0.15) is 5.10 Å². The number of hydrogen-bond acceptors (Lipinski definition) is 7. The molecule has 2 aliphatic rings. The van der Waals surface area contributed by atoms with E-state index in [9.17, 15) is 4.39 Å². The second kappa shape index (κ2) is 10.0. The van der Waals surface area contributed by atoms with Crippen LogP contribution < -0.4 is 10.6 Å². The van der Waals surface area contributed by atoms with Gasteiger partial charge in [0, 0.05) is 23.4 Å². The maximum atomic E-state index is 13.7. The van der Waals surface area contributed by atoms with Crippen molar-refractivity contribution >= 4 is 35.4 Å². The standard InChI is InChI=1S/C22H27FN6S/c23-19-4-1-2-5-21(19)25-14-17(27-24)15-29-12-10-16(11-13-29)20-6-3-7-22(26-20)28-30-18-8-9-18/h1-7,14,16,18H,8-13,15,24H2,(H,26,28). The highest BCUT2D eigenvalue weighted by molar-refractivity contribution is 8.01. The lowest BCUT2D eigenvalue weighted by Gasteiger charge is -2.31. The summed E-state index contributed by atoms with van der Waals surface area (Å²) in [5.74, 6) is 6.59. The van der Waals surface area contributed by atoms with Crippen molar-refractivity contribution in [3.8, 4) is 0 Å². The number of anilines is 1. The molecule has 30 heavy (non-hydrogen) atoms. The lowest BCUT2D eigenvalue weighted by atomic mass is 9.93. The number of pyridine rings is 1. The Bertz CT molecular complexity index is 906. The van der Waals surface area contributed by atoms with Crippen LogP contribution in [0.2, 0.25) is 0 Å². The molecule has 1 saturated heterocycles. The second-order valence-corrected chi connectivity index (χ2v) is 8.85. The average molecular weight is 427 g/mol. The Labute approximate surface area is 181 Å². The van der Waals surface area contributed by atoms with Crippen molar-refractivity contribution in [1.29, 1.82) is 0 Å². The Morgan fingerprint density at radius 1 is 1.17 bits per heavy atom. The number of aromatic nitrogens is 1. The van der Waals surface area contributed by atoms with Crippen LogP contribution in [0.5, 0.6) is 0 Å². The molecule has 0 unspecified atom stereocenters. The van der Waals surface area contributed by atoms with Crippen molar-refractivity contribution in [1.82, 2.24) is 9.88 Å². The summed E-state index contributed by atoms with van der Waals surface area (Å²) in [6.45, 7) is 2.48. The molecule has 1 aromatic carbocycles. The molecule has 1 saturated carbocycles. The molecular weight excluding hydrogens is 399 g/mol. The molecule has 0 atom stereocenters. The van der Waals surface area contributed by atoms with Gasteiger partial charge < -0.3 is 10.6 Å². The number of benzene rings is 1. The first-order valence-electron chi connectivity index (χ1n) is 10.4. The minimum absolute atomic E-state index is 0.289. The highest BCUT2D eigenvalue weighted by Crippen LogP contribution is 2.34. The van der Waals surface area contributed by atoms with Crippen LogP contribution in [-0.4, -0.2) is 46.7 Å². The van der Waals surface area contributed by atoms with E-state index in [-0.39, 0.29) is 11.5 Å². The third-order valence-corrected chi connectivity index (χ3v) is 6.52. The zero-order valence-electron chi connectivity index (χ0n) is 16.9. The fourth-order valence-corrected chi connectivity index (χ4v) is 4.27. The number of para-hydroxylation sites is 1. The highest BCUT2D eigenvalue weighted by atomic mass is 32.2.